The highest BCUT2D eigenvalue weighted by Gasteiger charge is 2.10. The third-order valence-corrected chi connectivity index (χ3v) is 3.47. The molecule has 0 saturated carbocycles. The van der Waals surface area contributed by atoms with Gasteiger partial charge in [-0.25, -0.2) is 4.39 Å². The lowest BCUT2D eigenvalue weighted by atomic mass is 10.1. The van der Waals surface area contributed by atoms with E-state index >= 15 is 0 Å². The van der Waals surface area contributed by atoms with E-state index in [0.717, 1.165) is 11.6 Å². The lowest BCUT2D eigenvalue weighted by Crippen LogP contribution is -2.13. The number of hydrogen-bond acceptors (Lipinski definition) is 2. The van der Waals surface area contributed by atoms with Gasteiger partial charge >= 0.3 is 0 Å². The minimum atomic E-state index is -0.678. The van der Waals surface area contributed by atoms with Crippen LogP contribution in [0.5, 0.6) is 0 Å². The zero-order chi connectivity index (χ0) is 15.6. The van der Waals surface area contributed by atoms with Crippen molar-refractivity contribution in [3.8, 4) is 0 Å². The third-order valence-electron chi connectivity index (χ3n) is 3.03. The first-order valence-electron chi connectivity index (χ1n) is 6.15. The fraction of sp³-hybridized carbons (Fsp3) is 0.133. The van der Waals surface area contributed by atoms with Crippen LogP contribution in [0.25, 0.3) is 0 Å². The predicted octanol–water partition coefficient (Wildman–Crippen LogP) is 4.15. The van der Waals surface area contributed by atoms with Crippen LogP contribution in [0.3, 0.4) is 0 Å². The van der Waals surface area contributed by atoms with Crippen molar-refractivity contribution < 1.29 is 9.18 Å². The molecular formula is C15H13Cl2FN2O. The van der Waals surface area contributed by atoms with Crippen LogP contribution >= 0.6 is 23.2 Å². The van der Waals surface area contributed by atoms with Crippen LogP contribution in [0.2, 0.25) is 10.0 Å². The number of nitrogens with one attached hydrogen (secondary N) is 1. The van der Waals surface area contributed by atoms with E-state index in [2.05, 4.69) is 5.32 Å². The molecule has 0 aliphatic carbocycles. The molecule has 0 unspecified atom stereocenters. The molecule has 2 rings (SSSR count). The molecule has 3 nitrogen and oxygen atoms in total. The van der Waals surface area contributed by atoms with E-state index in [0.29, 0.717) is 27.8 Å². The van der Waals surface area contributed by atoms with Crippen molar-refractivity contribution in [3.63, 3.8) is 0 Å². The van der Waals surface area contributed by atoms with Gasteiger partial charge in [0.1, 0.15) is 5.82 Å². The minimum Gasteiger partial charge on any atom is -0.381 e. The van der Waals surface area contributed by atoms with Crippen LogP contribution in [0.15, 0.2) is 30.3 Å². The molecule has 0 spiro atoms. The third kappa shape index (κ3) is 3.86. The summed E-state index contributed by atoms with van der Waals surface area (Å²) in [6.45, 7) is 2.01. The van der Waals surface area contributed by atoms with Gasteiger partial charge in [-0.15, -0.1) is 0 Å². The number of benzene rings is 2. The summed E-state index contributed by atoms with van der Waals surface area (Å²) < 4.78 is 13.8. The van der Waals surface area contributed by atoms with Crippen molar-refractivity contribution in [3.05, 3.63) is 62.9 Å². The number of hydrogen-bond donors (Lipinski definition) is 2. The lowest BCUT2D eigenvalue weighted by Gasteiger charge is -2.12. The number of carbonyl (C=O) groups excluding carboxylic acids is 1. The van der Waals surface area contributed by atoms with Crippen LogP contribution in [0.1, 0.15) is 21.5 Å². The molecule has 0 radical (unpaired) electrons. The van der Waals surface area contributed by atoms with Crippen molar-refractivity contribution in [1.29, 1.82) is 0 Å². The Labute approximate surface area is 131 Å². The molecule has 0 atom stereocenters. The van der Waals surface area contributed by atoms with Gasteiger partial charge in [-0.05, 0) is 42.8 Å². The van der Waals surface area contributed by atoms with Crippen LogP contribution in [0, 0.1) is 12.7 Å². The molecule has 1 amide bonds. The fourth-order valence-corrected chi connectivity index (χ4v) is 2.49. The molecule has 0 bridgehead atoms. The Hall–Kier alpha value is -1.78. The minimum absolute atomic E-state index is 0.115. The highest BCUT2D eigenvalue weighted by molar-refractivity contribution is 6.34. The Kier molecular flexibility index (Phi) is 4.70. The summed E-state index contributed by atoms with van der Waals surface area (Å²) >= 11 is 11.8. The normalized spacial score (nSPS) is 10.5. The summed E-state index contributed by atoms with van der Waals surface area (Å²) in [6.07, 6.45) is 0. The van der Waals surface area contributed by atoms with Crippen molar-refractivity contribution in [2.24, 2.45) is 5.73 Å². The van der Waals surface area contributed by atoms with Gasteiger partial charge in [-0.3, -0.25) is 4.79 Å². The summed E-state index contributed by atoms with van der Waals surface area (Å²) in [6, 6.07) is 7.78. The monoisotopic (exact) mass is 326 g/mol. The molecule has 0 heterocycles. The van der Waals surface area contributed by atoms with Crippen molar-refractivity contribution in [2.75, 3.05) is 5.32 Å². The maximum atomic E-state index is 13.8. The SMILES string of the molecule is Cc1c(F)cc(C(N)=O)cc1NCc1cc(Cl)cc(Cl)c1. The molecular weight excluding hydrogens is 314 g/mol. The quantitative estimate of drug-likeness (QED) is 0.886. The van der Waals surface area contributed by atoms with Crippen molar-refractivity contribution >= 4 is 34.8 Å². The second kappa shape index (κ2) is 6.33. The summed E-state index contributed by atoms with van der Waals surface area (Å²) in [5.74, 6) is -1.17. The van der Waals surface area contributed by atoms with Gasteiger partial charge in [0.05, 0.1) is 0 Å². The standard InChI is InChI=1S/C15H13Cl2FN2O/c1-8-13(18)4-10(15(19)21)5-14(8)20-7-9-2-11(16)6-12(17)3-9/h2-6,20H,7H2,1H3,(H2,19,21). The van der Waals surface area contributed by atoms with E-state index in [1.54, 1.807) is 25.1 Å². The summed E-state index contributed by atoms with van der Waals surface area (Å²) in [7, 11) is 0. The Balaban J connectivity index is 2.25. The number of anilines is 1. The lowest BCUT2D eigenvalue weighted by molar-refractivity contribution is 0.1000. The van der Waals surface area contributed by atoms with E-state index < -0.39 is 11.7 Å². The van der Waals surface area contributed by atoms with Gasteiger partial charge < -0.3 is 11.1 Å². The number of rotatable bonds is 4. The average molecular weight is 327 g/mol. The smallest absolute Gasteiger partial charge is 0.248 e. The molecule has 0 aliphatic rings. The van der Waals surface area contributed by atoms with Crippen molar-refractivity contribution in [1.82, 2.24) is 0 Å². The molecule has 0 aromatic heterocycles. The molecule has 0 aliphatic heterocycles. The maximum Gasteiger partial charge on any atom is 0.248 e. The largest absolute Gasteiger partial charge is 0.381 e. The molecule has 2 aromatic rings. The van der Waals surface area contributed by atoms with Gasteiger partial charge in [0.2, 0.25) is 5.91 Å². The highest BCUT2D eigenvalue weighted by Crippen LogP contribution is 2.23. The van der Waals surface area contributed by atoms with Gasteiger partial charge in [0.25, 0.3) is 0 Å². The molecule has 2 aromatic carbocycles. The summed E-state index contributed by atoms with van der Waals surface area (Å²) in [5, 5.41) is 4.10. The Morgan fingerprint density at radius 2 is 1.81 bits per heavy atom. The Bertz CT molecular complexity index is 684. The first-order chi connectivity index (χ1) is 9.86. The van der Waals surface area contributed by atoms with Crippen LogP contribution < -0.4 is 11.1 Å². The summed E-state index contributed by atoms with van der Waals surface area (Å²) in [5.41, 5.74) is 7.05. The van der Waals surface area contributed by atoms with E-state index in [4.69, 9.17) is 28.9 Å². The van der Waals surface area contributed by atoms with Gasteiger partial charge in [0, 0.05) is 33.4 Å². The van der Waals surface area contributed by atoms with Crippen LogP contribution in [-0.2, 0) is 6.54 Å². The molecule has 0 saturated heterocycles. The van der Waals surface area contributed by atoms with Gasteiger partial charge in [-0.2, -0.15) is 0 Å². The average Bonchev–Trinajstić information content (AvgIpc) is 2.39. The molecule has 0 fully saturated rings. The zero-order valence-corrected chi connectivity index (χ0v) is 12.7. The second-order valence-electron chi connectivity index (χ2n) is 4.63. The molecule has 6 heteroatoms. The first-order valence-corrected chi connectivity index (χ1v) is 6.91. The van der Waals surface area contributed by atoms with Crippen molar-refractivity contribution in [2.45, 2.75) is 13.5 Å². The molecule has 3 N–H and O–H groups in total. The first kappa shape index (κ1) is 15.6. The Morgan fingerprint density at radius 1 is 1.19 bits per heavy atom. The number of primary amides is 1. The van der Waals surface area contributed by atoms with Gasteiger partial charge in [-0.1, -0.05) is 23.2 Å². The van der Waals surface area contributed by atoms with E-state index in [-0.39, 0.29) is 5.56 Å². The predicted molar refractivity (Wildman–Crippen MR) is 83.4 cm³/mol. The second-order valence-corrected chi connectivity index (χ2v) is 5.50. The number of nitrogens with two attached hydrogens (primary N) is 1. The van der Waals surface area contributed by atoms with Crippen LogP contribution in [0.4, 0.5) is 10.1 Å². The Morgan fingerprint density at radius 3 is 2.38 bits per heavy atom. The highest BCUT2D eigenvalue weighted by atomic mass is 35.5. The van der Waals surface area contributed by atoms with Gasteiger partial charge in [0.15, 0.2) is 0 Å². The molecule has 21 heavy (non-hydrogen) atoms. The van der Waals surface area contributed by atoms with E-state index in [9.17, 15) is 9.18 Å². The van der Waals surface area contributed by atoms with E-state index in [1.807, 2.05) is 0 Å². The van der Waals surface area contributed by atoms with E-state index in [1.165, 1.54) is 6.07 Å². The summed E-state index contributed by atoms with van der Waals surface area (Å²) in [4.78, 5) is 11.2. The molecule has 110 valence electrons. The fourth-order valence-electron chi connectivity index (χ4n) is 1.92. The van der Waals surface area contributed by atoms with Crippen LogP contribution in [-0.4, -0.2) is 5.91 Å². The number of carbonyl (C=O) groups is 1. The number of halogens is 3. The zero-order valence-electron chi connectivity index (χ0n) is 11.2. The number of amides is 1. The topological polar surface area (TPSA) is 55.1 Å². The maximum absolute atomic E-state index is 13.8.